The van der Waals surface area contributed by atoms with Gasteiger partial charge in [0.1, 0.15) is 5.75 Å². The second-order valence-electron chi connectivity index (χ2n) is 6.72. The molecule has 32 heavy (non-hydrogen) atoms. The summed E-state index contributed by atoms with van der Waals surface area (Å²) in [5.74, 6) is 0.600. The van der Waals surface area contributed by atoms with Crippen LogP contribution < -0.4 is 9.64 Å². The third-order valence-corrected chi connectivity index (χ3v) is 6.59. The van der Waals surface area contributed by atoms with E-state index in [0.717, 1.165) is 15.8 Å². The van der Waals surface area contributed by atoms with Crippen LogP contribution in [0.2, 0.25) is 10.0 Å². The van der Waals surface area contributed by atoms with Gasteiger partial charge in [-0.25, -0.2) is 4.99 Å². The standard InChI is InChI=1S/C24H17BrCl2N2O2S/c1-2-31-21-12-3-15(13-20(21)25)14-22-23(30)29(19-10-6-17(27)7-11-19)24(32-22)28-18-8-4-16(26)5-9-18/h3-14H,2H2,1H3/b22-14-,28-24?. The lowest BCUT2D eigenvalue weighted by atomic mass is 10.2. The van der Waals surface area contributed by atoms with Crippen LogP contribution in [0.4, 0.5) is 11.4 Å². The van der Waals surface area contributed by atoms with Crippen LogP contribution in [0.15, 0.2) is 81.1 Å². The third-order valence-electron chi connectivity index (χ3n) is 4.50. The van der Waals surface area contributed by atoms with Crippen molar-refractivity contribution in [3.05, 3.63) is 91.7 Å². The van der Waals surface area contributed by atoms with E-state index >= 15 is 0 Å². The van der Waals surface area contributed by atoms with Gasteiger partial charge in [0.15, 0.2) is 5.17 Å². The van der Waals surface area contributed by atoms with E-state index in [4.69, 9.17) is 32.9 Å². The van der Waals surface area contributed by atoms with Gasteiger partial charge in [0.05, 0.1) is 27.4 Å². The Morgan fingerprint density at radius 1 is 1.03 bits per heavy atom. The van der Waals surface area contributed by atoms with Crippen LogP contribution >= 0.6 is 50.9 Å². The monoisotopic (exact) mass is 546 g/mol. The molecule has 0 saturated carbocycles. The van der Waals surface area contributed by atoms with Crippen molar-refractivity contribution in [2.45, 2.75) is 6.92 Å². The molecular formula is C24H17BrCl2N2O2S. The van der Waals surface area contributed by atoms with Gasteiger partial charge in [-0.05, 0) is 107 Å². The van der Waals surface area contributed by atoms with Crippen molar-refractivity contribution in [3.8, 4) is 5.75 Å². The second kappa shape index (κ2) is 10.1. The van der Waals surface area contributed by atoms with E-state index in [1.165, 1.54) is 11.8 Å². The number of anilines is 1. The van der Waals surface area contributed by atoms with Gasteiger partial charge in [0.25, 0.3) is 5.91 Å². The molecule has 1 saturated heterocycles. The maximum Gasteiger partial charge on any atom is 0.271 e. The number of nitrogens with zero attached hydrogens (tertiary/aromatic N) is 2. The largest absolute Gasteiger partial charge is 0.493 e. The molecule has 4 nitrogen and oxygen atoms in total. The van der Waals surface area contributed by atoms with Crippen LogP contribution in [0.5, 0.6) is 5.75 Å². The summed E-state index contributed by atoms with van der Waals surface area (Å²) in [6.07, 6.45) is 1.85. The molecule has 0 spiro atoms. The fourth-order valence-electron chi connectivity index (χ4n) is 3.02. The summed E-state index contributed by atoms with van der Waals surface area (Å²) in [6, 6.07) is 20.0. The Kier molecular flexibility index (Phi) is 7.26. The predicted molar refractivity (Wildman–Crippen MR) is 138 cm³/mol. The average Bonchev–Trinajstić information content (AvgIpc) is 3.07. The summed E-state index contributed by atoms with van der Waals surface area (Å²) in [4.78, 5) is 20.2. The number of carbonyl (C=O) groups is 1. The molecular weight excluding hydrogens is 531 g/mol. The lowest BCUT2D eigenvalue weighted by Gasteiger charge is -2.15. The Morgan fingerprint density at radius 2 is 1.69 bits per heavy atom. The molecule has 0 aromatic heterocycles. The van der Waals surface area contributed by atoms with Gasteiger partial charge in [-0.3, -0.25) is 9.69 Å². The number of hydrogen-bond donors (Lipinski definition) is 0. The van der Waals surface area contributed by atoms with Crippen molar-refractivity contribution in [1.29, 1.82) is 0 Å². The number of benzene rings is 3. The van der Waals surface area contributed by atoms with Crippen LogP contribution in [-0.2, 0) is 4.79 Å². The molecule has 0 unspecified atom stereocenters. The normalized spacial score (nSPS) is 16.2. The fraction of sp³-hybridized carbons (Fsp3) is 0.0833. The maximum absolute atomic E-state index is 13.4. The van der Waals surface area contributed by atoms with E-state index in [-0.39, 0.29) is 5.91 Å². The van der Waals surface area contributed by atoms with Gasteiger partial charge in [0, 0.05) is 10.0 Å². The molecule has 0 aliphatic carbocycles. The molecule has 1 aliphatic rings. The third kappa shape index (κ3) is 5.21. The summed E-state index contributed by atoms with van der Waals surface area (Å²) < 4.78 is 6.40. The van der Waals surface area contributed by atoms with Gasteiger partial charge in [0.2, 0.25) is 0 Å². The second-order valence-corrected chi connectivity index (χ2v) is 9.46. The lowest BCUT2D eigenvalue weighted by molar-refractivity contribution is -0.113. The molecule has 0 N–H and O–H groups in total. The molecule has 1 fully saturated rings. The first-order valence-electron chi connectivity index (χ1n) is 9.71. The number of amidine groups is 1. The fourth-order valence-corrected chi connectivity index (χ4v) is 4.79. The topological polar surface area (TPSA) is 41.9 Å². The Morgan fingerprint density at radius 3 is 2.31 bits per heavy atom. The smallest absolute Gasteiger partial charge is 0.271 e. The predicted octanol–water partition coefficient (Wildman–Crippen LogP) is 7.96. The summed E-state index contributed by atoms with van der Waals surface area (Å²) in [7, 11) is 0. The van der Waals surface area contributed by atoms with Crippen molar-refractivity contribution in [2.24, 2.45) is 4.99 Å². The summed E-state index contributed by atoms with van der Waals surface area (Å²) >= 11 is 16.9. The van der Waals surface area contributed by atoms with Crippen molar-refractivity contribution < 1.29 is 9.53 Å². The van der Waals surface area contributed by atoms with Crippen LogP contribution in [0.3, 0.4) is 0 Å². The van der Waals surface area contributed by atoms with Crippen LogP contribution in [0, 0.1) is 0 Å². The number of aliphatic imine (C=N–C) groups is 1. The summed E-state index contributed by atoms with van der Waals surface area (Å²) in [5, 5.41) is 1.77. The number of amides is 1. The van der Waals surface area contributed by atoms with Gasteiger partial charge in [-0.1, -0.05) is 29.3 Å². The van der Waals surface area contributed by atoms with E-state index in [9.17, 15) is 4.79 Å². The van der Waals surface area contributed by atoms with Crippen molar-refractivity contribution in [1.82, 2.24) is 0 Å². The highest BCUT2D eigenvalue weighted by atomic mass is 79.9. The number of hydrogen-bond acceptors (Lipinski definition) is 4. The number of halogens is 3. The van der Waals surface area contributed by atoms with E-state index in [0.29, 0.717) is 38.1 Å². The SMILES string of the molecule is CCOc1ccc(/C=C2\SC(=Nc3ccc(Cl)cc3)N(c3ccc(Cl)cc3)C2=O)cc1Br. The summed E-state index contributed by atoms with van der Waals surface area (Å²) in [6.45, 7) is 2.51. The highest BCUT2D eigenvalue weighted by Gasteiger charge is 2.34. The number of thioether (sulfide) groups is 1. The van der Waals surface area contributed by atoms with E-state index in [2.05, 4.69) is 15.9 Å². The highest BCUT2D eigenvalue weighted by Crippen LogP contribution is 2.38. The van der Waals surface area contributed by atoms with Gasteiger partial charge in [-0.15, -0.1) is 0 Å². The first-order valence-corrected chi connectivity index (χ1v) is 12.1. The number of carbonyl (C=O) groups excluding carboxylic acids is 1. The van der Waals surface area contributed by atoms with E-state index in [1.54, 1.807) is 41.3 Å². The van der Waals surface area contributed by atoms with Crippen molar-refractivity contribution >= 4 is 79.4 Å². The molecule has 0 atom stereocenters. The van der Waals surface area contributed by atoms with Gasteiger partial charge >= 0.3 is 0 Å². The minimum atomic E-state index is -0.157. The van der Waals surface area contributed by atoms with Crippen LogP contribution in [0.1, 0.15) is 12.5 Å². The summed E-state index contributed by atoms with van der Waals surface area (Å²) in [5.41, 5.74) is 2.27. The van der Waals surface area contributed by atoms with Gasteiger partial charge in [-0.2, -0.15) is 0 Å². The number of ether oxygens (including phenoxy) is 1. The van der Waals surface area contributed by atoms with Crippen molar-refractivity contribution in [2.75, 3.05) is 11.5 Å². The van der Waals surface area contributed by atoms with Crippen LogP contribution in [0.25, 0.3) is 6.08 Å². The number of rotatable bonds is 5. The molecule has 162 valence electrons. The molecule has 3 aromatic rings. The van der Waals surface area contributed by atoms with E-state index < -0.39 is 0 Å². The molecule has 4 rings (SSSR count). The van der Waals surface area contributed by atoms with Crippen LogP contribution in [-0.4, -0.2) is 17.7 Å². The Bertz CT molecular complexity index is 1210. The average molecular weight is 548 g/mol. The highest BCUT2D eigenvalue weighted by molar-refractivity contribution is 9.10. The zero-order valence-corrected chi connectivity index (χ0v) is 20.8. The molecule has 1 heterocycles. The van der Waals surface area contributed by atoms with Gasteiger partial charge < -0.3 is 4.74 Å². The molecule has 3 aromatic carbocycles. The first kappa shape index (κ1) is 22.9. The Labute approximate surface area is 209 Å². The zero-order chi connectivity index (χ0) is 22.7. The molecule has 1 amide bonds. The Balaban J connectivity index is 1.73. The minimum absolute atomic E-state index is 0.157. The lowest BCUT2D eigenvalue weighted by Crippen LogP contribution is -2.28. The molecule has 0 bridgehead atoms. The molecule has 0 radical (unpaired) electrons. The first-order chi connectivity index (χ1) is 15.4. The van der Waals surface area contributed by atoms with E-state index in [1.807, 2.05) is 43.3 Å². The Hall–Kier alpha value is -2.25. The quantitative estimate of drug-likeness (QED) is 0.304. The maximum atomic E-state index is 13.4. The zero-order valence-electron chi connectivity index (χ0n) is 16.9. The molecule has 8 heteroatoms. The molecule has 1 aliphatic heterocycles. The van der Waals surface area contributed by atoms with Crippen molar-refractivity contribution in [3.63, 3.8) is 0 Å². The minimum Gasteiger partial charge on any atom is -0.493 e.